The van der Waals surface area contributed by atoms with E-state index < -0.39 is 11.6 Å². The summed E-state index contributed by atoms with van der Waals surface area (Å²) in [5, 5.41) is 2.83. The van der Waals surface area contributed by atoms with E-state index in [-0.39, 0.29) is 24.3 Å². The minimum Gasteiger partial charge on any atom is -0.354 e. The molecule has 0 bridgehead atoms. The molecule has 1 fully saturated rings. The Morgan fingerprint density at radius 2 is 1.93 bits per heavy atom. The molecule has 0 aliphatic carbocycles. The standard InChI is InChI=1S/C20H24F2N4O/c1-25-8-10-26(11-9-25)19-12-15(6-7-23-19)14-24-20(27)5-2-16-13-17(21)3-4-18(16)22/h3-4,6-7,12-13H,2,5,8-11,14H2,1H3,(H,24,27). The average Bonchev–Trinajstić information content (AvgIpc) is 2.68. The molecule has 0 saturated carbocycles. The molecule has 1 aliphatic heterocycles. The van der Waals surface area contributed by atoms with Crippen molar-refractivity contribution >= 4 is 11.7 Å². The van der Waals surface area contributed by atoms with Crippen LogP contribution in [0, 0.1) is 11.6 Å². The molecule has 0 spiro atoms. The number of anilines is 1. The highest BCUT2D eigenvalue weighted by Crippen LogP contribution is 2.15. The smallest absolute Gasteiger partial charge is 0.220 e. The molecule has 0 radical (unpaired) electrons. The van der Waals surface area contributed by atoms with Crippen molar-refractivity contribution in [2.75, 3.05) is 38.1 Å². The Balaban J connectivity index is 1.50. The molecule has 2 aromatic rings. The number of likely N-dealkylation sites (N-methyl/N-ethyl adjacent to an activating group) is 1. The fraction of sp³-hybridized carbons (Fsp3) is 0.400. The zero-order valence-corrected chi connectivity index (χ0v) is 15.4. The fourth-order valence-electron chi connectivity index (χ4n) is 3.05. The van der Waals surface area contributed by atoms with E-state index in [1.54, 1.807) is 6.20 Å². The van der Waals surface area contributed by atoms with E-state index in [4.69, 9.17) is 0 Å². The SMILES string of the molecule is CN1CCN(c2cc(CNC(=O)CCc3cc(F)ccc3F)ccn2)CC1. The lowest BCUT2D eigenvalue weighted by molar-refractivity contribution is -0.121. The number of halogens is 2. The molecule has 1 amide bonds. The molecule has 1 N–H and O–H groups in total. The fourth-order valence-corrected chi connectivity index (χ4v) is 3.05. The maximum Gasteiger partial charge on any atom is 0.220 e. The molecule has 1 saturated heterocycles. The summed E-state index contributed by atoms with van der Waals surface area (Å²) in [7, 11) is 2.10. The normalized spacial score (nSPS) is 15.0. The summed E-state index contributed by atoms with van der Waals surface area (Å²) in [6.07, 6.45) is 2.02. The summed E-state index contributed by atoms with van der Waals surface area (Å²) >= 11 is 0. The van der Waals surface area contributed by atoms with Crippen LogP contribution in [-0.4, -0.2) is 49.0 Å². The number of amides is 1. The molecular weight excluding hydrogens is 350 g/mol. The van der Waals surface area contributed by atoms with Gasteiger partial charge in [0.05, 0.1) is 0 Å². The summed E-state index contributed by atoms with van der Waals surface area (Å²) in [5.74, 6) is -0.275. The van der Waals surface area contributed by atoms with Gasteiger partial charge in [-0.25, -0.2) is 13.8 Å². The average molecular weight is 374 g/mol. The molecular formula is C20H24F2N4O. The maximum absolute atomic E-state index is 13.6. The lowest BCUT2D eigenvalue weighted by Gasteiger charge is -2.33. The highest BCUT2D eigenvalue weighted by atomic mass is 19.1. The van der Waals surface area contributed by atoms with Gasteiger partial charge in [0.2, 0.25) is 5.91 Å². The van der Waals surface area contributed by atoms with Crippen LogP contribution in [0.5, 0.6) is 0 Å². The Bertz CT molecular complexity index is 791. The topological polar surface area (TPSA) is 48.5 Å². The van der Waals surface area contributed by atoms with E-state index in [0.717, 1.165) is 55.8 Å². The van der Waals surface area contributed by atoms with Crippen LogP contribution < -0.4 is 10.2 Å². The zero-order valence-electron chi connectivity index (χ0n) is 15.4. The second-order valence-electron chi connectivity index (χ2n) is 6.83. The Morgan fingerprint density at radius 3 is 2.70 bits per heavy atom. The first-order chi connectivity index (χ1) is 13.0. The van der Waals surface area contributed by atoms with Crippen molar-refractivity contribution in [3.05, 3.63) is 59.3 Å². The summed E-state index contributed by atoms with van der Waals surface area (Å²) in [4.78, 5) is 21.0. The minimum atomic E-state index is -0.500. The van der Waals surface area contributed by atoms with Gasteiger partial charge in [0.25, 0.3) is 0 Å². The number of piperazine rings is 1. The van der Waals surface area contributed by atoms with Crippen molar-refractivity contribution in [2.45, 2.75) is 19.4 Å². The van der Waals surface area contributed by atoms with Crippen molar-refractivity contribution in [3.63, 3.8) is 0 Å². The molecule has 144 valence electrons. The van der Waals surface area contributed by atoms with Crippen LogP contribution in [0.3, 0.4) is 0 Å². The van der Waals surface area contributed by atoms with Gasteiger partial charge in [-0.2, -0.15) is 0 Å². The second kappa shape index (κ2) is 8.90. The monoisotopic (exact) mass is 374 g/mol. The Kier molecular flexibility index (Phi) is 6.34. The number of rotatable bonds is 6. The van der Waals surface area contributed by atoms with Crippen molar-refractivity contribution in [1.82, 2.24) is 15.2 Å². The van der Waals surface area contributed by atoms with E-state index in [1.165, 1.54) is 0 Å². The van der Waals surface area contributed by atoms with Crippen molar-refractivity contribution in [3.8, 4) is 0 Å². The molecule has 2 heterocycles. The molecule has 1 aromatic heterocycles. The van der Waals surface area contributed by atoms with Gasteiger partial charge in [0.15, 0.2) is 0 Å². The van der Waals surface area contributed by atoms with E-state index >= 15 is 0 Å². The third-order valence-electron chi connectivity index (χ3n) is 4.76. The van der Waals surface area contributed by atoms with Gasteiger partial charge in [-0.05, 0) is 54.9 Å². The van der Waals surface area contributed by atoms with E-state index in [0.29, 0.717) is 6.54 Å². The van der Waals surface area contributed by atoms with Crippen LogP contribution in [0.4, 0.5) is 14.6 Å². The number of carbonyl (C=O) groups excluding carboxylic acids is 1. The van der Waals surface area contributed by atoms with Crippen molar-refractivity contribution in [2.24, 2.45) is 0 Å². The molecule has 0 atom stereocenters. The third kappa shape index (κ3) is 5.47. The van der Waals surface area contributed by atoms with Crippen LogP contribution in [0.15, 0.2) is 36.5 Å². The van der Waals surface area contributed by atoms with Crippen LogP contribution >= 0.6 is 0 Å². The highest BCUT2D eigenvalue weighted by Gasteiger charge is 2.15. The first-order valence-electron chi connectivity index (χ1n) is 9.10. The molecule has 0 unspecified atom stereocenters. The molecule has 1 aromatic carbocycles. The van der Waals surface area contributed by atoms with Gasteiger partial charge < -0.3 is 15.1 Å². The largest absolute Gasteiger partial charge is 0.354 e. The highest BCUT2D eigenvalue weighted by molar-refractivity contribution is 5.76. The van der Waals surface area contributed by atoms with Crippen LogP contribution in [-0.2, 0) is 17.8 Å². The summed E-state index contributed by atoms with van der Waals surface area (Å²) in [6.45, 7) is 4.24. The third-order valence-corrected chi connectivity index (χ3v) is 4.76. The van der Waals surface area contributed by atoms with Crippen LogP contribution in [0.2, 0.25) is 0 Å². The quantitative estimate of drug-likeness (QED) is 0.843. The molecule has 3 rings (SSSR count). The van der Waals surface area contributed by atoms with Gasteiger partial charge in [-0.3, -0.25) is 4.79 Å². The Morgan fingerprint density at radius 1 is 1.15 bits per heavy atom. The van der Waals surface area contributed by atoms with Crippen LogP contribution in [0.1, 0.15) is 17.5 Å². The predicted molar refractivity (Wildman–Crippen MR) is 100 cm³/mol. The molecule has 5 nitrogen and oxygen atoms in total. The van der Waals surface area contributed by atoms with Gasteiger partial charge in [-0.1, -0.05) is 0 Å². The predicted octanol–water partition coefficient (Wildman–Crippen LogP) is 2.36. The summed E-state index contributed by atoms with van der Waals surface area (Å²) < 4.78 is 26.8. The number of nitrogens with zero attached hydrogens (tertiary/aromatic N) is 3. The van der Waals surface area contributed by atoms with E-state index in [9.17, 15) is 13.6 Å². The van der Waals surface area contributed by atoms with Gasteiger partial charge >= 0.3 is 0 Å². The van der Waals surface area contributed by atoms with E-state index in [1.807, 2.05) is 12.1 Å². The second-order valence-corrected chi connectivity index (χ2v) is 6.83. The number of pyridine rings is 1. The molecule has 27 heavy (non-hydrogen) atoms. The number of hydrogen-bond donors (Lipinski definition) is 1. The Labute approximate surface area is 158 Å². The lowest BCUT2D eigenvalue weighted by atomic mass is 10.1. The number of aryl methyl sites for hydroxylation is 1. The van der Waals surface area contributed by atoms with Crippen molar-refractivity contribution < 1.29 is 13.6 Å². The zero-order chi connectivity index (χ0) is 19.2. The van der Waals surface area contributed by atoms with E-state index in [2.05, 4.69) is 27.1 Å². The van der Waals surface area contributed by atoms with Gasteiger partial charge in [0, 0.05) is 45.3 Å². The number of aromatic nitrogens is 1. The molecule has 1 aliphatic rings. The number of nitrogens with one attached hydrogen (secondary N) is 1. The van der Waals surface area contributed by atoms with Gasteiger partial charge in [-0.15, -0.1) is 0 Å². The number of carbonyl (C=O) groups is 1. The Hall–Kier alpha value is -2.54. The maximum atomic E-state index is 13.6. The number of hydrogen-bond acceptors (Lipinski definition) is 4. The van der Waals surface area contributed by atoms with Crippen molar-refractivity contribution in [1.29, 1.82) is 0 Å². The minimum absolute atomic E-state index is 0.108. The van der Waals surface area contributed by atoms with Crippen LogP contribution in [0.25, 0.3) is 0 Å². The number of benzene rings is 1. The first kappa shape index (κ1) is 19.2. The lowest BCUT2D eigenvalue weighted by Crippen LogP contribution is -2.44. The summed E-state index contributed by atoms with van der Waals surface area (Å²) in [5.41, 5.74) is 1.18. The first-order valence-corrected chi connectivity index (χ1v) is 9.10. The molecule has 7 heteroatoms. The van der Waals surface area contributed by atoms with Gasteiger partial charge in [0.1, 0.15) is 17.5 Å². The summed E-state index contributed by atoms with van der Waals surface area (Å²) in [6, 6.07) is 7.14.